The van der Waals surface area contributed by atoms with Crippen LogP contribution in [0, 0.1) is 0 Å². The number of nitrogens with zero attached hydrogens (tertiary/aromatic N) is 3. The van der Waals surface area contributed by atoms with E-state index >= 15 is 0 Å². The first-order chi connectivity index (χ1) is 9.89. The van der Waals surface area contributed by atoms with Gasteiger partial charge in [0.2, 0.25) is 11.9 Å². The maximum absolute atomic E-state index is 12.9. The Kier molecular flexibility index (Phi) is 4.46. The number of anilines is 2. The van der Waals surface area contributed by atoms with Gasteiger partial charge in [0.05, 0.1) is 18.2 Å². The fraction of sp³-hybridized carbons (Fsp3) is 0.462. The van der Waals surface area contributed by atoms with E-state index in [4.69, 9.17) is 5.73 Å². The van der Waals surface area contributed by atoms with Crippen LogP contribution in [0.1, 0.15) is 19.8 Å². The Balaban J connectivity index is 2.21. The topological polar surface area (TPSA) is 97.0 Å². The zero-order chi connectivity index (χ0) is 15.5. The number of hydrogen-bond acceptors (Lipinski definition) is 6. The molecule has 0 bridgehead atoms. The molecule has 1 atom stereocenters. The highest BCUT2D eigenvalue weighted by molar-refractivity contribution is 5.85. The molecule has 2 heterocycles. The second-order valence-corrected chi connectivity index (χ2v) is 4.93. The fourth-order valence-electron chi connectivity index (χ4n) is 1.92. The van der Waals surface area contributed by atoms with Crippen LogP contribution in [-0.4, -0.2) is 38.6 Å². The largest absolute Gasteiger partial charge is 0.394 e. The molecule has 0 aromatic carbocycles. The Bertz CT molecular complexity index is 617. The molecule has 114 valence electrons. The Labute approximate surface area is 120 Å². The maximum atomic E-state index is 12.9. The lowest BCUT2D eigenvalue weighted by Crippen LogP contribution is -2.27. The lowest BCUT2D eigenvalue weighted by molar-refractivity contribution is 0.00851. The summed E-state index contributed by atoms with van der Waals surface area (Å²) < 4.78 is 25.8. The molecule has 2 aromatic rings. The van der Waals surface area contributed by atoms with Gasteiger partial charge in [-0.3, -0.25) is 4.98 Å². The van der Waals surface area contributed by atoms with E-state index in [1.165, 1.54) is 0 Å². The van der Waals surface area contributed by atoms with Gasteiger partial charge in [-0.15, -0.1) is 0 Å². The molecule has 21 heavy (non-hydrogen) atoms. The molecule has 2 aromatic heterocycles. The predicted molar refractivity (Wildman–Crippen MR) is 76.1 cm³/mol. The lowest BCUT2D eigenvalue weighted by atomic mass is 10.1. The van der Waals surface area contributed by atoms with E-state index in [1.807, 2.05) is 0 Å². The van der Waals surface area contributed by atoms with Crippen LogP contribution < -0.4 is 11.1 Å². The van der Waals surface area contributed by atoms with Crippen LogP contribution in [0.25, 0.3) is 11.0 Å². The van der Waals surface area contributed by atoms with Crippen molar-refractivity contribution >= 4 is 22.8 Å². The van der Waals surface area contributed by atoms with Gasteiger partial charge >= 0.3 is 0 Å². The van der Waals surface area contributed by atoms with Gasteiger partial charge in [0.15, 0.2) is 5.82 Å². The molecule has 0 aliphatic heterocycles. The van der Waals surface area contributed by atoms with Crippen LogP contribution in [-0.2, 0) is 0 Å². The summed E-state index contributed by atoms with van der Waals surface area (Å²) in [4.78, 5) is 12.2. The van der Waals surface area contributed by atoms with Gasteiger partial charge in [-0.2, -0.15) is 4.98 Å². The van der Waals surface area contributed by atoms with Crippen LogP contribution in [0.15, 0.2) is 18.3 Å². The predicted octanol–water partition coefficient (Wildman–Crippen LogP) is 1.82. The maximum Gasteiger partial charge on any atom is 0.245 e. The third-order valence-electron chi connectivity index (χ3n) is 2.97. The van der Waals surface area contributed by atoms with Gasteiger partial charge in [0.25, 0.3) is 0 Å². The van der Waals surface area contributed by atoms with Crippen LogP contribution >= 0.6 is 0 Å². The minimum absolute atomic E-state index is 0.0514. The molecule has 0 aliphatic rings. The van der Waals surface area contributed by atoms with Crippen molar-refractivity contribution in [1.82, 2.24) is 15.0 Å². The molecule has 0 radical (unpaired) electrons. The van der Waals surface area contributed by atoms with E-state index < -0.39 is 12.0 Å². The second-order valence-electron chi connectivity index (χ2n) is 4.93. The molecule has 0 saturated carbocycles. The van der Waals surface area contributed by atoms with E-state index in [0.29, 0.717) is 16.9 Å². The summed E-state index contributed by atoms with van der Waals surface area (Å²) in [6, 6.07) is 2.87. The van der Waals surface area contributed by atoms with Crippen molar-refractivity contribution in [3.8, 4) is 0 Å². The Morgan fingerprint density at radius 3 is 2.86 bits per heavy atom. The molecule has 8 heteroatoms. The number of nitrogen functional groups attached to an aromatic ring is 1. The highest BCUT2D eigenvalue weighted by Gasteiger charge is 2.23. The Morgan fingerprint density at radius 2 is 2.19 bits per heavy atom. The number of aliphatic hydroxyl groups is 1. The average molecular weight is 297 g/mol. The molecular formula is C13H17F2N5O. The minimum atomic E-state index is -2.78. The highest BCUT2D eigenvalue weighted by Crippen LogP contribution is 2.23. The van der Waals surface area contributed by atoms with E-state index in [9.17, 15) is 13.9 Å². The third kappa shape index (κ3) is 4.19. The minimum Gasteiger partial charge on any atom is -0.394 e. The van der Waals surface area contributed by atoms with Crippen molar-refractivity contribution in [2.24, 2.45) is 0 Å². The zero-order valence-electron chi connectivity index (χ0n) is 11.6. The van der Waals surface area contributed by atoms with Gasteiger partial charge in [-0.1, -0.05) is 0 Å². The van der Waals surface area contributed by atoms with Crippen LogP contribution in [0.5, 0.6) is 0 Å². The quantitative estimate of drug-likeness (QED) is 0.752. The number of rotatable bonds is 6. The number of aliphatic hydroxyl groups excluding tert-OH is 1. The summed E-state index contributed by atoms with van der Waals surface area (Å²) >= 11 is 0. The number of alkyl halides is 2. The summed E-state index contributed by atoms with van der Waals surface area (Å²) in [5, 5.41) is 12.2. The number of aromatic nitrogens is 3. The molecule has 0 spiro atoms. The molecule has 0 amide bonds. The number of nitrogens with two attached hydrogens (primary N) is 1. The summed E-state index contributed by atoms with van der Waals surface area (Å²) in [6.45, 7) is 0.551. The van der Waals surface area contributed by atoms with Gasteiger partial charge in [0.1, 0.15) is 5.52 Å². The Morgan fingerprint density at radius 1 is 1.43 bits per heavy atom. The first-order valence-corrected chi connectivity index (χ1v) is 6.52. The van der Waals surface area contributed by atoms with E-state index in [1.54, 1.807) is 18.3 Å². The summed E-state index contributed by atoms with van der Waals surface area (Å²) in [5.74, 6) is -2.40. The second kappa shape index (κ2) is 6.13. The van der Waals surface area contributed by atoms with Crippen molar-refractivity contribution in [3.63, 3.8) is 0 Å². The summed E-state index contributed by atoms with van der Waals surface area (Å²) in [5.41, 5.74) is 6.64. The number of pyridine rings is 1. The molecular weight excluding hydrogens is 280 g/mol. The molecule has 2 rings (SSSR count). The van der Waals surface area contributed by atoms with Gasteiger partial charge < -0.3 is 16.2 Å². The molecule has 0 aliphatic carbocycles. The van der Waals surface area contributed by atoms with E-state index in [2.05, 4.69) is 20.3 Å². The first kappa shape index (κ1) is 15.3. The summed E-state index contributed by atoms with van der Waals surface area (Å²) in [7, 11) is 0. The molecule has 0 saturated heterocycles. The van der Waals surface area contributed by atoms with E-state index in [-0.39, 0.29) is 25.4 Å². The molecule has 6 nitrogen and oxygen atoms in total. The van der Waals surface area contributed by atoms with Crippen molar-refractivity contribution in [3.05, 3.63) is 18.3 Å². The number of halogens is 2. The van der Waals surface area contributed by atoms with E-state index in [0.717, 1.165) is 6.92 Å². The molecule has 4 N–H and O–H groups in total. The van der Waals surface area contributed by atoms with Crippen LogP contribution in [0.2, 0.25) is 0 Å². The Hall–Kier alpha value is -2.09. The van der Waals surface area contributed by atoms with Crippen molar-refractivity contribution in [2.75, 3.05) is 17.7 Å². The van der Waals surface area contributed by atoms with Gasteiger partial charge in [-0.05, 0) is 25.5 Å². The standard InChI is InChI=1S/C13H17F2N5O/c1-13(14,15)5-4-8(7-21)18-11-10-9(3-2-6-17-10)19-12(16)20-11/h2-3,6,8,21H,4-5,7H2,1H3,(H3,16,18,19,20)/t8-/m1/s1. The average Bonchev–Trinajstić information content (AvgIpc) is 2.42. The number of fused-ring (bicyclic) bond motifs is 1. The van der Waals surface area contributed by atoms with Crippen molar-refractivity contribution in [2.45, 2.75) is 31.7 Å². The van der Waals surface area contributed by atoms with Crippen LogP contribution in [0.4, 0.5) is 20.5 Å². The normalized spacial score (nSPS) is 13.3. The number of nitrogens with one attached hydrogen (secondary N) is 1. The molecule has 0 fully saturated rings. The SMILES string of the molecule is CC(F)(F)CC[C@H](CO)Nc1nc(N)nc2cccnc12. The highest BCUT2D eigenvalue weighted by atomic mass is 19.3. The zero-order valence-corrected chi connectivity index (χ0v) is 11.6. The van der Waals surface area contributed by atoms with Crippen molar-refractivity contribution in [1.29, 1.82) is 0 Å². The summed E-state index contributed by atoms with van der Waals surface area (Å²) in [6.07, 6.45) is 1.33. The lowest BCUT2D eigenvalue weighted by Gasteiger charge is -2.19. The number of hydrogen-bond donors (Lipinski definition) is 3. The third-order valence-corrected chi connectivity index (χ3v) is 2.97. The van der Waals surface area contributed by atoms with Crippen molar-refractivity contribution < 1.29 is 13.9 Å². The fourth-order valence-corrected chi connectivity index (χ4v) is 1.92. The first-order valence-electron chi connectivity index (χ1n) is 6.52. The van der Waals surface area contributed by atoms with Crippen LogP contribution in [0.3, 0.4) is 0 Å². The smallest absolute Gasteiger partial charge is 0.245 e. The van der Waals surface area contributed by atoms with Gasteiger partial charge in [-0.25, -0.2) is 13.8 Å². The monoisotopic (exact) mass is 297 g/mol. The van der Waals surface area contributed by atoms with Gasteiger partial charge in [0, 0.05) is 12.6 Å². The molecule has 0 unspecified atom stereocenters.